The van der Waals surface area contributed by atoms with Gasteiger partial charge in [0.1, 0.15) is 11.4 Å². The Morgan fingerprint density at radius 2 is 1.31 bits per heavy atom. The van der Waals surface area contributed by atoms with Crippen LogP contribution in [0.5, 0.6) is 0 Å². The molecule has 59 heavy (non-hydrogen) atoms. The number of H-pyrrole nitrogens is 1. The zero-order valence-electron chi connectivity index (χ0n) is 31.7. The normalized spacial score (nSPS) is 17.4. The Bertz CT molecular complexity index is 2550. The molecule has 316 valence electrons. The maximum Gasteiger partial charge on any atom is 0.297 e. The lowest BCUT2D eigenvalue weighted by Crippen LogP contribution is -2.29. The van der Waals surface area contributed by atoms with Gasteiger partial charge in [-0.05, 0) is 99.4 Å². The first-order valence-electron chi connectivity index (χ1n) is 18.1. The second kappa shape index (κ2) is 20.3. The van der Waals surface area contributed by atoms with Crippen molar-refractivity contribution < 1.29 is 26.4 Å². The number of aromatic amines is 1. The summed E-state index contributed by atoms with van der Waals surface area (Å²) in [5, 5.41) is 14.7. The Balaban J connectivity index is 0.000000171. The topological polar surface area (TPSA) is 181 Å². The van der Waals surface area contributed by atoms with Crippen LogP contribution in [0.3, 0.4) is 0 Å². The van der Waals surface area contributed by atoms with Crippen molar-refractivity contribution in [3.05, 3.63) is 111 Å². The van der Waals surface area contributed by atoms with E-state index in [-0.39, 0.29) is 18.0 Å². The van der Waals surface area contributed by atoms with Crippen molar-refractivity contribution in [1.82, 2.24) is 38.6 Å². The van der Waals surface area contributed by atoms with Crippen molar-refractivity contribution in [2.75, 3.05) is 25.6 Å². The molecule has 0 aromatic carbocycles. The van der Waals surface area contributed by atoms with Crippen LogP contribution in [0.4, 0.5) is 0 Å². The minimum atomic E-state index is -3.34. The maximum absolute atomic E-state index is 12.9. The molecule has 23 heteroatoms. The van der Waals surface area contributed by atoms with Crippen LogP contribution in [-0.4, -0.2) is 92.1 Å². The average Bonchev–Trinajstić information content (AvgIpc) is 4.01. The van der Waals surface area contributed by atoms with Gasteiger partial charge in [0.25, 0.3) is 11.1 Å². The number of hydrogen-bond donors (Lipinski definition) is 1. The molecular formula is C36H39Cl3N8O6S6. The fourth-order valence-electron chi connectivity index (χ4n) is 6.72. The summed E-state index contributed by atoms with van der Waals surface area (Å²) in [6.07, 6.45) is 8.70. The minimum Gasteiger partial charge on any atom is -0.282 e. The average molecular weight is 979 g/mol. The third kappa shape index (κ3) is 12.4. The first kappa shape index (κ1) is 45.6. The van der Waals surface area contributed by atoms with Gasteiger partial charge in [0.15, 0.2) is 0 Å². The summed E-state index contributed by atoms with van der Waals surface area (Å²) >= 11 is 22.8. The summed E-state index contributed by atoms with van der Waals surface area (Å²) in [5.74, 6) is -0.305. The van der Waals surface area contributed by atoms with Crippen LogP contribution in [0.2, 0.25) is 8.67 Å². The number of sulfonamides is 2. The van der Waals surface area contributed by atoms with E-state index in [1.807, 2.05) is 36.4 Å². The molecule has 2 aliphatic rings. The molecule has 0 bridgehead atoms. The Morgan fingerprint density at radius 1 is 0.763 bits per heavy atom. The Hall–Kier alpha value is -2.89. The predicted octanol–water partition coefficient (Wildman–Crippen LogP) is 8.15. The second-order valence-corrected chi connectivity index (χ2v) is 22.8. The van der Waals surface area contributed by atoms with E-state index in [2.05, 4.69) is 25.3 Å². The van der Waals surface area contributed by atoms with Crippen LogP contribution < -0.4 is 0 Å². The summed E-state index contributed by atoms with van der Waals surface area (Å²) in [7, 11) is -6.52. The summed E-state index contributed by atoms with van der Waals surface area (Å²) in [5.41, 5.74) is 7.02. The maximum atomic E-state index is 12.9. The number of carbonyl (C=O) groups is 2. The van der Waals surface area contributed by atoms with Crippen LogP contribution in [0, 0.1) is 0 Å². The molecular weight excluding hydrogens is 939 g/mol. The molecule has 6 aromatic rings. The van der Waals surface area contributed by atoms with Gasteiger partial charge in [-0.15, -0.1) is 45.3 Å². The van der Waals surface area contributed by atoms with Crippen LogP contribution in [-0.2, 0) is 45.7 Å². The van der Waals surface area contributed by atoms with E-state index < -0.39 is 25.3 Å². The van der Waals surface area contributed by atoms with Crippen molar-refractivity contribution >= 4 is 111 Å². The SMILES string of the molecule is CS(=O)(=O)N1CCCC1c1cc(CCc2ccc(Cl)s2)[nH]n1.CS(=O)(=O)N1CCCC1c1cc(CCc2ccc(Cl)s2)n(C(=O)c2cscn2)n1.O=C(Cl)c1cscn1. The molecule has 8 heterocycles. The number of aryl methyl sites for hydroxylation is 4. The van der Waals surface area contributed by atoms with E-state index in [4.69, 9.17) is 34.8 Å². The van der Waals surface area contributed by atoms with E-state index in [9.17, 15) is 26.4 Å². The third-order valence-corrected chi connectivity index (χ3v) is 15.9. The molecule has 2 fully saturated rings. The van der Waals surface area contributed by atoms with Gasteiger partial charge in [0.05, 0.1) is 55.7 Å². The fourth-order valence-corrected chi connectivity index (χ4v) is 12.4. The number of thiazole rings is 2. The zero-order valence-corrected chi connectivity index (χ0v) is 38.8. The van der Waals surface area contributed by atoms with Crippen molar-refractivity contribution in [3.8, 4) is 0 Å². The van der Waals surface area contributed by atoms with E-state index >= 15 is 0 Å². The molecule has 2 unspecified atom stereocenters. The van der Waals surface area contributed by atoms with Gasteiger partial charge in [-0.25, -0.2) is 26.8 Å². The number of rotatable bonds is 12. The molecule has 6 aromatic heterocycles. The van der Waals surface area contributed by atoms with Crippen molar-refractivity contribution in [3.63, 3.8) is 0 Å². The van der Waals surface area contributed by atoms with Crippen LogP contribution in [0.25, 0.3) is 0 Å². The summed E-state index contributed by atoms with van der Waals surface area (Å²) in [6, 6.07) is 11.1. The number of thiophene rings is 2. The van der Waals surface area contributed by atoms with Gasteiger partial charge >= 0.3 is 0 Å². The van der Waals surface area contributed by atoms with Gasteiger partial charge in [0.2, 0.25) is 20.0 Å². The van der Waals surface area contributed by atoms with Gasteiger partial charge in [-0.3, -0.25) is 14.7 Å². The quantitative estimate of drug-likeness (QED) is 0.118. The molecule has 0 aliphatic carbocycles. The van der Waals surface area contributed by atoms with E-state index in [1.54, 1.807) is 37.4 Å². The number of aromatic nitrogens is 6. The zero-order chi connectivity index (χ0) is 42.3. The second-order valence-electron chi connectivity index (χ2n) is 13.6. The summed E-state index contributed by atoms with van der Waals surface area (Å²) in [6.45, 7) is 1.05. The number of nitrogens with zero attached hydrogens (tertiary/aromatic N) is 7. The van der Waals surface area contributed by atoms with Crippen molar-refractivity contribution in [2.45, 2.75) is 63.5 Å². The standard InChI is InChI=1S/C18H19ClN4O3S3.C14H18ClN3O2S2.C4H2ClNOS/c1-29(25,26)22-8-2-3-16(22)14-9-12(4-5-13-6-7-17(19)28-13)23(21-14)18(24)15-10-27-11-20-15;1-22(19,20)18-8-2-3-13(18)12-9-10(16-17-12)4-5-11-6-7-14(15)21-11;5-4(7)3-1-8-2-6-3/h6-7,9-11,16H,2-5,8H2,1H3;6-7,9,13H,2-5,8H2,1H3,(H,16,17);1-2H. The molecule has 8 rings (SSSR count). The van der Waals surface area contributed by atoms with Gasteiger partial charge in [-0.2, -0.15) is 23.5 Å². The fraction of sp³-hybridized carbons (Fsp3) is 0.389. The molecule has 0 saturated carbocycles. The number of carbonyl (C=O) groups excluding carboxylic acids is 2. The number of nitrogens with one attached hydrogen (secondary N) is 1. The van der Waals surface area contributed by atoms with Gasteiger partial charge in [0, 0.05) is 45.0 Å². The molecule has 2 saturated heterocycles. The molecule has 0 radical (unpaired) electrons. The summed E-state index contributed by atoms with van der Waals surface area (Å²) in [4.78, 5) is 33.3. The van der Waals surface area contributed by atoms with Crippen molar-refractivity contribution in [2.24, 2.45) is 0 Å². The van der Waals surface area contributed by atoms with E-state index in [1.165, 1.54) is 60.4 Å². The Labute approximate surface area is 373 Å². The highest BCUT2D eigenvalue weighted by atomic mass is 35.5. The van der Waals surface area contributed by atoms with Crippen LogP contribution in [0.1, 0.15) is 91.3 Å². The van der Waals surface area contributed by atoms with Gasteiger partial charge in [-0.1, -0.05) is 23.2 Å². The van der Waals surface area contributed by atoms with Crippen LogP contribution in [0.15, 0.2) is 58.2 Å². The monoisotopic (exact) mass is 976 g/mol. The summed E-state index contributed by atoms with van der Waals surface area (Å²) < 4.78 is 53.8. The van der Waals surface area contributed by atoms with Gasteiger partial charge < -0.3 is 0 Å². The lowest BCUT2D eigenvalue weighted by molar-refractivity contribution is 0.0936. The minimum absolute atomic E-state index is 0.129. The van der Waals surface area contributed by atoms with E-state index in [0.717, 1.165) is 62.7 Å². The third-order valence-electron chi connectivity index (χ3n) is 9.40. The Morgan fingerprint density at radius 3 is 1.78 bits per heavy atom. The van der Waals surface area contributed by atoms with Crippen molar-refractivity contribution in [1.29, 1.82) is 0 Å². The number of halogens is 3. The molecule has 14 nitrogen and oxygen atoms in total. The van der Waals surface area contributed by atoms with E-state index in [0.29, 0.717) is 49.4 Å². The highest BCUT2D eigenvalue weighted by Gasteiger charge is 2.36. The molecule has 1 N–H and O–H groups in total. The van der Waals surface area contributed by atoms with Crippen LogP contribution >= 0.6 is 80.1 Å². The highest BCUT2D eigenvalue weighted by Crippen LogP contribution is 2.35. The first-order valence-corrected chi connectivity index (χ1v) is 26.5. The molecule has 0 spiro atoms. The lowest BCUT2D eigenvalue weighted by Gasteiger charge is -2.20. The largest absolute Gasteiger partial charge is 0.297 e. The number of hydrogen-bond acceptors (Lipinski definition) is 14. The molecule has 2 atom stereocenters. The Kier molecular flexibility index (Phi) is 15.7. The molecule has 2 aliphatic heterocycles. The smallest absolute Gasteiger partial charge is 0.282 e. The lowest BCUT2D eigenvalue weighted by atomic mass is 10.1. The predicted molar refractivity (Wildman–Crippen MR) is 235 cm³/mol. The highest BCUT2D eigenvalue weighted by molar-refractivity contribution is 7.88. The first-order chi connectivity index (χ1) is 28.1. The molecule has 0 amide bonds.